The van der Waals surface area contributed by atoms with Gasteiger partial charge in [0.15, 0.2) is 0 Å². The number of methoxy groups -OCH3 is 1. The Morgan fingerprint density at radius 2 is 2.19 bits per heavy atom. The minimum Gasteiger partial charge on any atom is -0.496 e. The van der Waals surface area contributed by atoms with Crippen molar-refractivity contribution >= 4 is 23.4 Å². The lowest BCUT2D eigenvalue weighted by atomic mass is 10.1. The number of hydrogen-bond acceptors (Lipinski definition) is 4. The first-order valence-corrected chi connectivity index (χ1v) is 8.87. The van der Waals surface area contributed by atoms with E-state index in [4.69, 9.17) is 20.8 Å². The molecule has 26 heavy (non-hydrogen) atoms. The van der Waals surface area contributed by atoms with Crippen LogP contribution in [0.4, 0.5) is 0 Å². The number of likely N-dealkylation sites (tertiary alicyclic amines) is 1. The lowest BCUT2D eigenvalue weighted by molar-refractivity contribution is -0.125. The molecule has 1 aliphatic heterocycles. The molecule has 0 aliphatic carbocycles. The number of ether oxygens (including phenoxy) is 1. The van der Waals surface area contributed by atoms with Crippen LogP contribution in [0.1, 0.15) is 41.9 Å². The minimum atomic E-state index is -0.524. The van der Waals surface area contributed by atoms with Gasteiger partial charge in [0.1, 0.15) is 17.6 Å². The van der Waals surface area contributed by atoms with Crippen molar-refractivity contribution in [1.82, 2.24) is 10.2 Å². The molecule has 6 nitrogen and oxygen atoms in total. The van der Waals surface area contributed by atoms with Gasteiger partial charge in [0, 0.05) is 11.6 Å². The van der Waals surface area contributed by atoms with Gasteiger partial charge in [0.05, 0.1) is 25.0 Å². The van der Waals surface area contributed by atoms with Gasteiger partial charge in [-0.25, -0.2) is 0 Å². The number of carbonyl (C=O) groups is 2. The summed E-state index contributed by atoms with van der Waals surface area (Å²) in [5, 5.41) is 3.36. The van der Waals surface area contributed by atoms with Crippen LogP contribution in [-0.4, -0.2) is 36.4 Å². The molecule has 0 radical (unpaired) electrons. The van der Waals surface area contributed by atoms with Gasteiger partial charge in [0.25, 0.3) is 5.91 Å². The van der Waals surface area contributed by atoms with Gasteiger partial charge >= 0.3 is 0 Å². The van der Waals surface area contributed by atoms with Crippen LogP contribution in [-0.2, 0) is 4.79 Å². The van der Waals surface area contributed by atoms with Gasteiger partial charge in [-0.05, 0) is 50.1 Å². The summed E-state index contributed by atoms with van der Waals surface area (Å²) < 4.78 is 10.6. The topological polar surface area (TPSA) is 71.8 Å². The van der Waals surface area contributed by atoms with E-state index in [9.17, 15) is 9.59 Å². The number of nitrogens with one attached hydrogen (secondary N) is 1. The Kier molecular flexibility index (Phi) is 5.52. The lowest BCUT2D eigenvalue weighted by Gasteiger charge is -2.26. The van der Waals surface area contributed by atoms with Crippen molar-refractivity contribution in [2.24, 2.45) is 0 Å². The van der Waals surface area contributed by atoms with Crippen molar-refractivity contribution in [1.29, 1.82) is 0 Å². The van der Waals surface area contributed by atoms with Crippen LogP contribution in [0.2, 0.25) is 5.02 Å². The van der Waals surface area contributed by atoms with E-state index in [1.165, 1.54) is 7.11 Å². The molecule has 0 bridgehead atoms. The molecule has 0 spiro atoms. The van der Waals surface area contributed by atoms with E-state index in [0.717, 1.165) is 6.42 Å². The number of carbonyl (C=O) groups excluding carboxylic acids is 2. The van der Waals surface area contributed by atoms with Crippen molar-refractivity contribution in [3.8, 4) is 5.75 Å². The molecule has 1 saturated heterocycles. The molecule has 2 aromatic rings. The van der Waals surface area contributed by atoms with E-state index in [1.807, 2.05) is 6.92 Å². The molecule has 2 heterocycles. The normalized spacial score (nSPS) is 17.8. The van der Waals surface area contributed by atoms with Crippen molar-refractivity contribution < 1.29 is 18.7 Å². The smallest absolute Gasteiger partial charge is 0.258 e. The Labute approximate surface area is 157 Å². The van der Waals surface area contributed by atoms with Crippen LogP contribution < -0.4 is 10.1 Å². The number of halogens is 1. The van der Waals surface area contributed by atoms with Crippen molar-refractivity contribution in [2.75, 3.05) is 13.7 Å². The summed E-state index contributed by atoms with van der Waals surface area (Å²) in [6, 6.07) is 7.67. The highest BCUT2D eigenvalue weighted by Crippen LogP contribution is 2.28. The fourth-order valence-electron chi connectivity index (χ4n) is 3.20. The summed E-state index contributed by atoms with van der Waals surface area (Å²) in [5.41, 5.74) is 0.360. The Bertz CT molecular complexity index is 791. The first-order chi connectivity index (χ1) is 12.5. The molecule has 0 unspecified atom stereocenters. The first-order valence-electron chi connectivity index (χ1n) is 8.49. The highest BCUT2D eigenvalue weighted by molar-refractivity contribution is 6.31. The standard InChI is InChI=1S/C19H21ClN2O4/c1-12(16-6-4-10-26-16)21-18(23)15-5-3-9-22(15)19(24)14-11-13(20)7-8-17(14)25-2/h4,6-8,10-12,15H,3,5,9H2,1-2H3,(H,21,23)/t12-,15-/m0/s1. The molecule has 2 amide bonds. The summed E-state index contributed by atoms with van der Waals surface area (Å²) in [7, 11) is 1.50. The molecule has 0 saturated carbocycles. The number of furan rings is 1. The zero-order valence-corrected chi connectivity index (χ0v) is 15.5. The third-order valence-electron chi connectivity index (χ3n) is 4.54. The molecular weight excluding hydrogens is 356 g/mol. The molecule has 1 aromatic carbocycles. The first kappa shape index (κ1) is 18.3. The fraction of sp³-hybridized carbons (Fsp3) is 0.368. The molecule has 7 heteroatoms. The third-order valence-corrected chi connectivity index (χ3v) is 4.77. The zero-order valence-electron chi connectivity index (χ0n) is 14.7. The number of amides is 2. The monoisotopic (exact) mass is 376 g/mol. The number of rotatable bonds is 5. The van der Waals surface area contributed by atoms with Gasteiger partial charge in [0.2, 0.25) is 5.91 Å². The molecule has 1 aliphatic rings. The molecule has 1 aromatic heterocycles. The summed E-state index contributed by atoms with van der Waals surface area (Å²) >= 11 is 6.03. The second-order valence-electron chi connectivity index (χ2n) is 6.25. The number of hydrogen-bond donors (Lipinski definition) is 1. The molecule has 1 N–H and O–H groups in total. The van der Waals surface area contributed by atoms with Gasteiger partial charge < -0.3 is 19.4 Å². The van der Waals surface area contributed by atoms with Gasteiger partial charge in [-0.1, -0.05) is 11.6 Å². The summed E-state index contributed by atoms with van der Waals surface area (Å²) in [4.78, 5) is 27.3. The maximum absolute atomic E-state index is 13.0. The fourth-order valence-corrected chi connectivity index (χ4v) is 3.37. The van der Waals surface area contributed by atoms with Crippen LogP contribution in [0.25, 0.3) is 0 Å². The van der Waals surface area contributed by atoms with Crippen LogP contribution in [0.3, 0.4) is 0 Å². The van der Waals surface area contributed by atoms with E-state index in [-0.39, 0.29) is 17.9 Å². The predicted molar refractivity (Wildman–Crippen MR) is 97.3 cm³/mol. The SMILES string of the molecule is COc1ccc(Cl)cc1C(=O)N1CCC[C@H]1C(=O)N[C@@H](C)c1ccco1. The second kappa shape index (κ2) is 7.83. The number of benzene rings is 1. The number of nitrogens with zero attached hydrogens (tertiary/aromatic N) is 1. The van der Waals surface area contributed by atoms with Crippen LogP contribution in [0.15, 0.2) is 41.0 Å². The highest BCUT2D eigenvalue weighted by Gasteiger charge is 2.36. The van der Waals surface area contributed by atoms with Gasteiger partial charge in [-0.3, -0.25) is 9.59 Å². The zero-order chi connectivity index (χ0) is 18.7. The molecule has 138 valence electrons. The Hall–Kier alpha value is -2.47. The van der Waals surface area contributed by atoms with E-state index < -0.39 is 6.04 Å². The van der Waals surface area contributed by atoms with Crippen LogP contribution in [0, 0.1) is 0 Å². The van der Waals surface area contributed by atoms with Crippen molar-refractivity contribution in [2.45, 2.75) is 31.8 Å². The maximum Gasteiger partial charge on any atom is 0.258 e. The van der Waals surface area contributed by atoms with Gasteiger partial charge in [-0.2, -0.15) is 0 Å². The molecule has 3 rings (SSSR count). The van der Waals surface area contributed by atoms with E-state index in [2.05, 4.69) is 5.32 Å². The third kappa shape index (κ3) is 3.70. The maximum atomic E-state index is 13.0. The molecule has 1 fully saturated rings. The van der Waals surface area contributed by atoms with E-state index >= 15 is 0 Å². The summed E-state index contributed by atoms with van der Waals surface area (Å²) in [5.74, 6) is 0.661. The summed E-state index contributed by atoms with van der Waals surface area (Å²) in [6.07, 6.45) is 2.95. The molecular formula is C19H21ClN2O4. The van der Waals surface area contributed by atoms with Gasteiger partial charge in [-0.15, -0.1) is 0 Å². The van der Waals surface area contributed by atoms with E-state index in [1.54, 1.807) is 41.5 Å². The summed E-state index contributed by atoms with van der Waals surface area (Å²) in [6.45, 7) is 2.36. The predicted octanol–water partition coefficient (Wildman–Crippen LogP) is 3.42. The van der Waals surface area contributed by atoms with Crippen molar-refractivity contribution in [3.63, 3.8) is 0 Å². The Balaban J connectivity index is 1.76. The largest absolute Gasteiger partial charge is 0.496 e. The Morgan fingerprint density at radius 1 is 1.38 bits per heavy atom. The minimum absolute atomic E-state index is 0.194. The van der Waals surface area contributed by atoms with E-state index in [0.29, 0.717) is 35.1 Å². The van der Waals surface area contributed by atoms with Crippen molar-refractivity contribution in [3.05, 3.63) is 52.9 Å². The van der Waals surface area contributed by atoms with Crippen LogP contribution in [0.5, 0.6) is 5.75 Å². The average molecular weight is 377 g/mol. The Morgan fingerprint density at radius 3 is 2.88 bits per heavy atom. The second-order valence-corrected chi connectivity index (χ2v) is 6.68. The van der Waals surface area contributed by atoms with Crippen LogP contribution >= 0.6 is 11.6 Å². The lowest BCUT2D eigenvalue weighted by Crippen LogP contribution is -2.46. The molecule has 2 atom stereocenters. The average Bonchev–Trinajstić information content (AvgIpc) is 3.32. The highest BCUT2D eigenvalue weighted by atomic mass is 35.5. The quantitative estimate of drug-likeness (QED) is 0.867.